The zero-order valence-corrected chi connectivity index (χ0v) is 17.4. The first-order valence-corrected chi connectivity index (χ1v) is 11.1. The Morgan fingerprint density at radius 2 is 1.55 bits per heavy atom. The predicted molar refractivity (Wildman–Crippen MR) is 115 cm³/mol. The number of likely N-dealkylation sites (tertiary alicyclic amines) is 1. The molecule has 1 N–H and O–H groups in total. The standard InChI is InChI=1S/C25H27NO5/c27-24(28)23-22(31-16-7-1-2-8-16)13-14-26(23)25(29)30-15-21-19-11-5-3-9-17(19)18-10-4-6-12-20(18)21/h3-6,9-12,16,21-23H,1-2,7-8,13-15H2,(H,27,28)/t22-,23-/m0/s1. The van der Waals surface area contributed by atoms with Crippen molar-refractivity contribution in [2.24, 2.45) is 0 Å². The van der Waals surface area contributed by atoms with E-state index in [2.05, 4.69) is 24.3 Å². The fraction of sp³-hybridized carbons (Fsp3) is 0.440. The molecule has 0 aromatic heterocycles. The van der Waals surface area contributed by atoms with E-state index in [0.29, 0.717) is 13.0 Å². The van der Waals surface area contributed by atoms with Gasteiger partial charge in [0.2, 0.25) is 0 Å². The number of amides is 1. The Bertz CT molecular complexity index is 938. The second-order valence-electron chi connectivity index (χ2n) is 8.65. The third kappa shape index (κ3) is 3.69. The van der Waals surface area contributed by atoms with E-state index in [1.807, 2.05) is 24.3 Å². The summed E-state index contributed by atoms with van der Waals surface area (Å²) < 4.78 is 11.8. The molecule has 31 heavy (non-hydrogen) atoms. The molecule has 0 radical (unpaired) electrons. The molecule has 2 aromatic rings. The van der Waals surface area contributed by atoms with Crippen LogP contribution >= 0.6 is 0 Å². The Kier molecular flexibility index (Phi) is 5.40. The number of nitrogens with zero attached hydrogens (tertiary/aromatic N) is 1. The molecule has 0 unspecified atom stereocenters. The molecule has 5 rings (SSSR count). The van der Waals surface area contributed by atoms with Crippen molar-refractivity contribution in [2.75, 3.05) is 13.2 Å². The molecule has 2 atom stereocenters. The first-order valence-electron chi connectivity index (χ1n) is 11.1. The van der Waals surface area contributed by atoms with Gasteiger partial charge < -0.3 is 14.6 Å². The normalized spacial score (nSPS) is 23.0. The van der Waals surface area contributed by atoms with Crippen LogP contribution in [-0.2, 0) is 14.3 Å². The minimum Gasteiger partial charge on any atom is -0.480 e. The van der Waals surface area contributed by atoms with Crippen LogP contribution in [0.5, 0.6) is 0 Å². The number of carbonyl (C=O) groups is 2. The van der Waals surface area contributed by atoms with Crippen LogP contribution in [0, 0.1) is 0 Å². The van der Waals surface area contributed by atoms with E-state index in [0.717, 1.165) is 47.9 Å². The number of rotatable bonds is 5. The summed E-state index contributed by atoms with van der Waals surface area (Å²) in [6.07, 6.45) is 3.75. The molecule has 1 amide bonds. The summed E-state index contributed by atoms with van der Waals surface area (Å²) in [6.45, 7) is 0.523. The summed E-state index contributed by atoms with van der Waals surface area (Å²) in [5.41, 5.74) is 4.59. The first kappa shape index (κ1) is 20.1. The van der Waals surface area contributed by atoms with Crippen LogP contribution in [-0.4, -0.2) is 53.5 Å². The minimum absolute atomic E-state index is 0.0484. The first-order chi connectivity index (χ1) is 15.1. The van der Waals surface area contributed by atoms with Gasteiger partial charge in [-0.05, 0) is 41.5 Å². The van der Waals surface area contributed by atoms with Crippen molar-refractivity contribution in [1.82, 2.24) is 4.90 Å². The molecule has 1 saturated heterocycles. The van der Waals surface area contributed by atoms with Crippen molar-refractivity contribution in [3.05, 3.63) is 59.7 Å². The van der Waals surface area contributed by atoms with E-state index >= 15 is 0 Å². The lowest BCUT2D eigenvalue weighted by Gasteiger charge is -2.26. The summed E-state index contributed by atoms with van der Waals surface area (Å²) in [5.74, 6) is -1.08. The number of ether oxygens (including phenoxy) is 2. The van der Waals surface area contributed by atoms with Crippen molar-refractivity contribution in [1.29, 1.82) is 0 Å². The molecule has 6 heteroatoms. The Morgan fingerprint density at radius 1 is 0.935 bits per heavy atom. The van der Waals surface area contributed by atoms with Crippen molar-refractivity contribution >= 4 is 12.1 Å². The number of fused-ring (bicyclic) bond motifs is 3. The van der Waals surface area contributed by atoms with E-state index in [1.54, 1.807) is 0 Å². The van der Waals surface area contributed by atoms with E-state index in [-0.39, 0.29) is 18.6 Å². The Hall–Kier alpha value is -2.86. The summed E-state index contributed by atoms with van der Waals surface area (Å²) in [7, 11) is 0. The summed E-state index contributed by atoms with van der Waals surface area (Å²) in [4.78, 5) is 26.2. The van der Waals surface area contributed by atoms with Crippen LogP contribution in [0.2, 0.25) is 0 Å². The number of carbonyl (C=O) groups excluding carboxylic acids is 1. The molecule has 3 aliphatic rings. The number of carboxylic acid groups (broad SMARTS) is 1. The van der Waals surface area contributed by atoms with Crippen LogP contribution in [0.4, 0.5) is 4.79 Å². The van der Waals surface area contributed by atoms with Gasteiger partial charge in [-0.15, -0.1) is 0 Å². The average Bonchev–Trinajstić information content (AvgIpc) is 3.50. The average molecular weight is 421 g/mol. The smallest absolute Gasteiger partial charge is 0.410 e. The fourth-order valence-electron chi connectivity index (χ4n) is 5.35. The third-order valence-electron chi connectivity index (χ3n) is 6.84. The van der Waals surface area contributed by atoms with E-state index in [9.17, 15) is 14.7 Å². The van der Waals surface area contributed by atoms with E-state index in [1.165, 1.54) is 4.90 Å². The van der Waals surface area contributed by atoms with Gasteiger partial charge in [0.25, 0.3) is 0 Å². The lowest BCUT2D eigenvalue weighted by atomic mass is 9.98. The molecule has 2 aromatic carbocycles. The van der Waals surface area contributed by atoms with Gasteiger partial charge in [0, 0.05) is 12.5 Å². The maximum atomic E-state index is 12.9. The molecule has 1 aliphatic heterocycles. The van der Waals surface area contributed by atoms with Gasteiger partial charge >= 0.3 is 12.1 Å². The highest BCUT2D eigenvalue weighted by molar-refractivity contribution is 5.82. The van der Waals surface area contributed by atoms with Gasteiger partial charge in [-0.1, -0.05) is 61.4 Å². The van der Waals surface area contributed by atoms with E-state index in [4.69, 9.17) is 9.47 Å². The van der Waals surface area contributed by atoms with Gasteiger partial charge in [-0.25, -0.2) is 9.59 Å². The summed E-state index contributed by atoms with van der Waals surface area (Å²) >= 11 is 0. The van der Waals surface area contributed by atoms with Gasteiger partial charge in [0.1, 0.15) is 6.61 Å². The van der Waals surface area contributed by atoms with Crippen LogP contribution in [0.1, 0.15) is 49.1 Å². The topological polar surface area (TPSA) is 76.1 Å². The number of carboxylic acids is 1. The molecule has 2 fully saturated rings. The van der Waals surface area contributed by atoms with Crippen LogP contribution in [0.15, 0.2) is 48.5 Å². The highest BCUT2D eigenvalue weighted by atomic mass is 16.6. The minimum atomic E-state index is -1.03. The highest BCUT2D eigenvalue weighted by Crippen LogP contribution is 2.44. The summed E-state index contributed by atoms with van der Waals surface area (Å²) in [5, 5.41) is 9.79. The Morgan fingerprint density at radius 3 is 2.16 bits per heavy atom. The molecule has 1 heterocycles. The maximum absolute atomic E-state index is 12.9. The molecule has 0 bridgehead atoms. The summed E-state index contributed by atoms with van der Waals surface area (Å²) in [6, 6.07) is 15.3. The Labute approximate surface area is 181 Å². The zero-order valence-electron chi connectivity index (χ0n) is 17.4. The molecule has 6 nitrogen and oxygen atoms in total. The highest BCUT2D eigenvalue weighted by Gasteiger charge is 2.45. The number of hydrogen-bond donors (Lipinski definition) is 1. The number of hydrogen-bond acceptors (Lipinski definition) is 4. The quantitative estimate of drug-likeness (QED) is 0.773. The van der Waals surface area contributed by atoms with Crippen molar-refractivity contribution < 1.29 is 24.2 Å². The van der Waals surface area contributed by atoms with E-state index < -0.39 is 24.2 Å². The maximum Gasteiger partial charge on any atom is 0.410 e. The molecular weight excluding hydrogens is 394 g/mol. The SMILES string of the molecule is O=C(O)[C@@H]1[C@@H](OC2CCCC2)CCN1C(=O)OCC1c2ccccc2-c2ccccc21. The van der Waals surface area contributed by atoms with Gasteiger partial charge in [-0.3, -0.25) is 4.90 Å². The van der Waals surface area contributed by atoms with Crippen LogP contribution in [0.3, 0.4) is 0 Å². The molecule has 2 aliphatic carbocycles. The fourth-order valence-corrected chi connectivity index (χ4v) is 5.35. The van der Waals surface area contributed by atoms with Gasteiger partial charge in [0.15, 0.2) is 6.04 Å². The Balaban J connectivity index is 1.29. The van der Waals surface area contributed by atoms with Crippen molar-refractivity contribution in [3.63, 3.8) is 0 Å². The second kappa shape index (κ2) is 8.35. The third-order valence-corrected chi connectivity index (χ3v) is 6.84. The molecule has 162 valence electrons. The zero-order chi connectivity index (χ0) is 21.4. The van der Waals surface area contributed by atoms with Crippen molar-refractivity contribution in [2.45, 2.75) is 56.3 Å². The van der Waals surface area contributed by atoms with Gasteiger partial charge in [-0.2, -0.15) is 0 Å². The number of aliphatic carboxylic acids is 1. The lowest BCUT2D eigenvalue weighted by molar-refractivity contribution is -0.147. The number of benzene rings is 2. The van der Waals surface area contributed by atoms with Gasteiger partial charge in [0.05, 0.1) is 12.2 Å². The molecule has 0 spiro atoms. The molecule has 1 saturated carbocycles. The van der Waals surface area contributed by atoms with Crippen molar-refractivity contribution in [3.8, 4) is 11.1 Å². The second-order valence-corrected chi connectivity index (χ2v) is 8.65. The molecular formula is C25H27NO5. The lowest BCUT2D eigenvalue weighted by Crippen LogP contribution is -2.46. The predicted octanol–water partition coefficient (Wildman–Crippen LogP) is 4.42. The van der Waals surface area contributed by atoms with Crippen LogP contribution in [0.25, 0.3) is 11.1 Å². The monoisotopic (exact) mass is 421 g/mol. The largest absolute Gasteiger partial charge is 0.480 e. The van der Waals surface area contributed by atoms with Crippen LogP contribution < -0.4 is 0 Å².